The van der Waals surface area contributed by atoms with E-state index in [1.807, 2.05) is 70.7 Å². The maximum Gasteiger partial charge on any atom is 0.410 e. The molecule has 0 aliphatic carbocycles. The van der Waals surface area contributed by atoms with Gasteiger partial charge in [0.2, 0.25) is 0 Å². The zero-order valence-corrected chi connectivity index (χ0v) is 23.1. The van der Waals surface area contributed by atoms with E-state index in [0.29, 0.717) is 29.1 Å². The summed E-state index contributed by atoms with van der Waals surface area (Å²) >= 11 is 0. The molecule has 0 saturated carbocycles. The number of aromatic nitrogens is 4. The van der Waals surface area contributed by atoms with E-state index in [9.17, 15) is 9.59 Å². The van der Waals surface area contributed by atoms with Gasteiger partial charge in [-0.1, -0.05) is 18.2 Å². The first-order chi connectivity index (χ1) is 17.9. The van der Waals surface area contributed by atoms with Crippen molar-refractivity contribution in [3.63, 3.8) is 0 Å². The van der Waals surface area contributed by atoms with Crippen LogP contribution in [0.4, 0.5) is 4.79 Å². The van der Waals surface area contributed by atoms with Gasteiger partial charge < -0.3 is 19.3 Å². The number of amides is 2. The van der Waals surface area contributed by atoms with Crippen LogP contribution in [-0.4, -0.2) is 79.7 Å². The van der Waals surface area contributed by atoms with Crippen LogP contribution in [0.5, 0.6) is 5.75 Å². The second-order valence-electron chi connectivity index (χ2n) is 11.0. The number of rotatable bonds is 5. The van der Waals surface area contributed by atoms with Crippen LogP contribution in [0.15, 0.2) is 48.9 Å². The highest BCUT2D eigenvalue weighted by Crippen LogP contribution is 2.37. The van der Waals surface area contributed by atoms with Crippen LogP contribution in [0.25, 0.3) is 16.9 Å². The molecule has 1 aromatic carbocycles. The number of likely N-dealkylation sites (N-methyl/N-ethyl adjacent to an activating group) is 1. The molecule has 10 heteroatoms. The van der Waals surface area contributed by atoms with Gasteiger partial charge in [0.1, 0.15) is 23.1 Å². The summed E-state index contributed by atoms with van der Waals surface area (Å²) in [5.41, 5.74) is 1.87. The van der Waals surface area contributed by atoms with E-state index < -0.39 is 17.8 Å². The number of fused-ring (bicyclic) bond motifs is 1. The maximum atomic E-state index is 13.7. The normalized spacial score (nSPS) is 17.9. The molecule has 0 spiro atoms. The lowest BCUT2D eigenvalue weighted by atomic mass is 9.97. The van der Waals surface area contributed by atoms with Crippen LogP contribution in [0.2, 0.25) is 0 Å². The van der Waals surface area contributed by atoms with Crippen LogP contribution in [-0.2, 0) is 4.74 Å². The molecule has 4 rings (SSSR count). The fourth-order valence-corrected chi connectivity index (χ4v) is 4.32. The molecule has 0 radical (unpaired) electrons. The van der Waals surface area contributed by atoms with Crippen LogP contribution in [0, 0.1) is 5.92 Å². The summed E-state index contributed by atoms with van der Waals surface area (Å²) in [6, 6.07) is 9.11. The summed E-state index contributed by atoms with van der Waals surface area (Å²) in [4.78, 5) is 33.9. The lowest BCUT2D eigenvalue weighted by Crippen LogP contribution is -2.49. The number of hydrogen-bond donors (Lipinski definition) is 0. The molecule has 3 heterocycles. The molecule has 1 aliphatic heterocycles. The first kappa shape index (κ1) is 27.1. The van der Waals surface area contributed by atoms with Crippen LogP contribution in [0.1, 0.15) is 51.9 Å². The summed E-state index contributed by atoms with van der Waals surface area (Å²) in [5, 5.41) is 8.65. The Balaban J connectivity index is 1.74. The fraction of sp³-hybridized carbons (Fsp3) is 0.464. The summed E-state index contributed by atoms with van der Waals surface area (Å²) in [5.74, 6) is 0.253. The van der Waals surface area contributed by atoms with Crippen LogP contribution < -0.4 is 4.74 Å². The molecule has 0 unspecified atom stereocenters. The Morgan fingerprint density at radius 2 is 1.87 bits per heavy atom. The van der Waals surface area contributed by atoms with E-state index in [1.165, 1.54) is 4.90 Å². The summed E-state index contributed by atoms with van der Waals surface area (Å²) in [6.45, 7) is 12.3. The van der Waals surface area contributed by atoms with Gasteiger partial charge in [-0.25, -0.2) is 9.48 Å². The second-order valence-corrected chi connectivity index (χ2v) is 11.0. The van der Waals surface area contributed by atoms with E-state index in [0.717, 1.165) is 5.69 Å². The van der Waals surface area contributed by atoms with Gasteiger partial charge in [-0.3, -0.25) is 9.78 Å². The number of nitrogens with zero attached hydrogens (tertiary/aromatic N) is 6. The summed E-state index contributed by atoms with van der Waals surface area (Å²) < 4.78 is 13.8. The first-order valence-electron chi connectivity index (χ1n) is 12.8. The Kier molecular flexibility index (Phi) is 7.71. The molecule has 2 aromatic heterocycles. The summed E-state index contributed by atoms with van der Waals surface area (Å²) in [6.07, 6.45) is 4.33. The van der Waals surface area contributed by atoms with E-state index in [2.05, 4.69) is 15.3 Å². The van der Waals surface area contributed by atoms with Gasteiger partial charge in [0, 0.05) is 43.5 Å². The fourth-order valence-electron chi connectivity index (χ4n) is 4.32. The Labute approximate surface area is 223 Å². The highest BCUT2D eigenvalue weighted by Gasteiger charge is 2.35. The van der Waals surface area contributed by atoms with Crippen LogP contribution in [0.3, 0.4) is 0 Å². The van der Waals surface area contributed by atoms with E-state index in [4.69, 9.17) is 9.47 Å². The molecule has 0 saturated heterocycles. The predicted octanol–water partition coefficient (Wildman–Crippen LogP) is 4.44. The molecule has 10 nitrogen and oxygen atoms in total. The van der Waals surface area contributed by atoms with Gasteiger partial charge in [-0.15, -0.1) is 5.10 Å². The Hall–Kier alpha value is -3.95. The van der Waals surface area contributed by atoms with Gasteiger partial charge in [-0.05, 0) is 58.9 Å². The third-order valence-electron chi connectivity index (χ3n) is 6.37. The van der Waals surface area contributed by atoms with Gasteiger partial charge in [-0.2, -0.15) is 0 Å². The molecule has 3 aromatic rings. The third kappa shape index (κ3) is 5.95. The van der Waals surface area contributed by atoms with Crippen molar-refractivity contribution in [3.05, 3.63) is 54.5 Å². The standard InChI is InChI=1S/C28H36N6O4/c1-18(2)33-15-19(3)24(17-32(7)27(36)38-28(4,5)6)37-25-21(9-8-10-22(25)26(33)35)23-16-34(31-30-23)20-11-13-29-14-12-20/h8-14,16,18-19,24H,15,17H2,1-7H3/t19-,24+/m0/s1. The van der Waals surface area contributed by atoms with Crippen molar-refractivity contribution in [2.45, 2.75) is 59.3 Å². The minimum absolute atomic E-state index is 0.0173. The Morgan fingerprint density at radius 1 is 1.18 bits per heavy atom. The van der Waals surface area contributed by atoms with Crippen molar-refractivity contribution in [2.75, 3.05) is 20.1 Å². The topological polar surface area (TPSA) is 103 Å². The summed E-state index contributed by atoms with van der Waals surface area (Å²) in [7, 11) is 1.70. The molecule has 38 heavy (non-hydrogen) atoms. The molecule has 1 aliphatic rings. The minimum Gasteiger partial charge on any atom is -0.487 e. The number of carbonyl (C=O) groups is 2. The molecule has 0 bridgehead atoms. The number of para-hydroxylation sites is 1. The smallest absolute Gasteiger partial charge is 0.410 e. The Morgan fingerprint density at radius 3 is 2.53 bits per heavy atom. The molecular formula is C28H36N6O4. The van der Waals surface area contributed by atoms with Crippen molar-refractivity contribution >= 4 is 12.0 Å². The molecular weight excluding hydrogens is 484 g/mol. The van der Waals surface area contributed by atoms with Crippen molar-refractivity contribution in [1.29, 1.82) is 0 Å². The average molecular weight is 521 g/mol. The Bertz CT molecular complexity index is 1280. The van der Waals surface area contributed by atoms with Crippen molar-refractivity contribution in [3.8, 4) is 22.7 Å². The highest BCUT2D eigenvalue weighted by atomic mass is 16.6. The largest absolute Gasteiger partial charge is 0.487 e. The number of benzene rings is 1. The van der Waals surface area contributed by atoms with E-state index in [1.54, 1.807) is 36.4 Å². The zero-order valence-electron chi connectivity index (χ0n) is 23.1. The zero-order chi connectivity index (χ0) is 27.6. The third-order valence-corrected chi connectivity index (χ3v) is 6.37. The highest BCUT2D eigenvalue weighted by molar-refractivity contribution is 5.99. The van der Waals surface area contributed by atoms with Gasteiger partial charge in [0.15, 0.2) is 0 Å². The number of carbonyl (C=O) groups excluding carboxylic acids is 2. The molecule has 2 amide bonds. The minimum atomic E-state index is -0.611. The number of ether oxygens (including phenoxy) is 2. The predicted molar refractivity (Wildman–Crippen MR) is 143 cm³/mol. The quantitative estimate of drug-likeness (QED) is 0.490. The average Bonchev–Trinajstić information content (AvgIpc) is 3.35. The molecule has 2 atom stereocenters. The lowest BCUT2D eigenvalue weighted by Gasteiger charge is -2.38. The van der Waals surface area contributed by atoms with Gasteiger partial charge in [0.25, 0.3) is 5.91 Å². The molecule has 0 N–H and O–H groups in total. The van der Waals surface area contributed by atoms with E-state index in [-0.39, 0.29) is 24.4 Å². The lowest BCUT2D eigenvalue weighted by molar-refractivity contribution is 0.0131. The van der Waals surface area contributed by atoms with Crippen molar-refractivity contribution < 1.29 is 19.1 Å². The number of pyridine rings is 1. The van der Waals surface area contributed by atoms with E-state index >= 15 is 0 Å². The molecule has 202 valence electrons. The van der Waals surface area contributed by atoms with Crippen molar-refractivity contribution in [1.82, 2.24) is 29.8 Å². The monoisotopic (exact) mass is 520 g/mol. The maximum absolute atomic E-state index is 13.7. The van der Waals surface area contributed by atoms with Gasteiger partial charge >= 0.3 is 6.09 Å². The van der Waals surface area contributed by atoms with Gasteiger partial charge in [0.05, 0.1) is 24.0 Å². The first-order valence-corrected chi connectivity index (χ1v) is 12.8. The van der Waals surface area contributed by atoms with Crippen molar-refractivity contribution in [2.24, 2.45) is 5.92 Å². The molecule has 0 fully saturated rings. The SMILES string of the molecule is CC(C)N1C[C@H](C)[C@@H](CN(C)C(=O)OC(C)(C)C)Oc2c(cccc2-c2cn(-c3ccncc3)nn2)C1=O. The number of hydrogen-bond acceptors (Lipinski definition) is 7. The second kappa shape index (κ2) is 10.8. The van der Waals surface area contributed by atoms with Crippen LogP contribution >= 0.6 is 0 Å².